The van der Waals surface area contributed by atoms with Crippen LogP contribution in [0, 0.1) is 0 Å². The van der Waals surface area contributed by atoms with Gasteiger partial charge in [-0.05, 0) is 31.2 Å². The van der Waals surface area contributed by atoms with Gasteiger partial charge in [0.25, 0.3) is 0 Å². The van der Waals surface area contributed by atoms with Gasteiger partial charge in [0.05, 0.1) is 12.7 Å². The SMILES string of the molecule is COC(=O)Oc1ccc(C(=O)O[C@@H](C)C(=O)O)cc1. The Balaban J connectivity index is 2.68. The van der Waals surface area contributed by atoms with Gasteiger partial charge < -0.3 is 19.3 Å². The van der Waals surface area contributed by atoms with Crippen LogP contribution >= 0.6 is 0 Å². The third-order valence-electron chi connectivity index (χ3n) is 2.09. The number of hydrogen-bond acceptors (Lipinski definition) is 6. The van der Waals surface area contributed by atoms with Crippen LogP contribution in [0.2, 0.25) is 0 Å². The third-order valence-corrected chi connectivity index (χ3v) is 2.09. The van der Waals surface area contributed by atoms with Gasteiger partial charge in [0.1, 0.15) is 5.75 Å². The van der Waals surface area contributed by atoms with E-state index in [1.165, 1.54) is 38.3 Å². The summed E-state index contributed by atoms with van der Waals surface area (Å²) in [5.74, 6) is -1.83. The van der Waals surface area contributed by atoms with E-state index in [0.29, 0.717) is 0 Å². The van der Waals surface area contributed by atoms with Crippen LogP contribution in [-0.2, 0) is 14.3 Å². The highest BCUT2D eigenvalue weighted by molar-refractivity contribution is 5.91. The summed E-state index contributed by atoms with van der Waals surface area (Å²) in [6.07, 6.45) is -2.12. The van der Waals surface area contributed by atoms with Gasteiger partial charge in [-0.25, -0.2) is 14.4 Å². The molecule has 0 fully saturated rings. The lowest BCUT2D eigenvalue weighted by atomic mass is 10.2. The molecule has 7 nitrogen and oxygen atoms in total. The van der Waals surface area contributed by atoms with Crippen LogP contribution in [0.25, 0.3) is 0 Å². The van der Waals surface area contributed by atoms with Crippen molar-refractivity contribution in [2.75, 3.05) is 7.11 Å². The van der Waals surface area contributed by atoms with Gasteiger partial charge >= 0.3 is 18.1 Å². The van der Waals surface area contributed by atoms with E-state index in [0.717, 1.165) is 0 Å². The smallest absolute Gasteiger partial charge is 0.479 e. The van der Waals surface area contributed by atoms with Crippen molar-refractivity contribution in [2.24, 2.45) is 0 Å². The molecule has 1 atom stereocenters. The van der Waals surface area contributed by atoms with Crippen LogP contribution < -0.4 is 4.74 Å². The Kier molecular flexibility index (Phi) is 4.87. The summed E-state index contributed by atoms with van der Waals surface area (Å²) in [6.45, 7) is 1.25. The van der Waals surface area contributed by atoms with Crippen LogP contribution in [-0.4, -0.2) is 36.4 Å². The van der Waals surface area contributed by atoms with Crippen molar-refractivity contribution in [3.8, 4) is 5.75 Å². The van der Waals surface area contributed by atoms with Gasteiger partial charge in [0.2, 0.25) is 0 Å². The molecule has 0 amide bonds. The van der Waals surface area contributed by atoms with E-state index < -0.39 is 24.2 Å². The van der Waals surface area contributed by atoms with Gasteiger partial charge in [0.15, 0.2) is 6.10 Å². The molecule has 0 heterocycles. The quantitative estimate of drug-likeness (QED) is 0.651. The lowest BCUT2D eigenvalue weighted by Crippen LogP contribution is -2.23. The second-order valence-corrected chi connectivity index (χ2v) is 3.47. The molecular formula is C12H12O7. The molecule has 0 aliphatic heterocycles. The molecule has 0 bridgehead atoms. The maximum atomic E-state index is 11.5. The number of ether oxygens (including phenoxy) is 3. The largest absolute Gasteiger partial charge is 0.513 e. The van der Waals surface area contributed by atoms with Crippen LogP contribution in [0.3, 0.4) is 0 Å². The maximum Gasteiger partial charge on any atom is 0.513 e. The molecule has 0 spiro atoms. The normalized spacial score (nSPS) is 11.3. The van der Waals surface area contributed by atoms with Crippen LogP contribution in [0.15, 0.2) is 24.3 Å². The lowest BCUT2D eigenvalue weighted by molar-refractivity contribution is -0.146. The lowest BCUT2D eigenvalue weighted by Gasteiger charge is -2.09. The summed E-state index contributed by atoms with van der Waals surface area (Å²) in [7, 11) is 1.17. The van der Waals surface area contributed by atoms with E-state index in [-0.39, 0.29) is 11.3 Å². The Morgan fingerprint density at radius 1 is 1.16 bits per heavy atom. The fraction of sp³-hybridized carbons (Fsp3) is 0.250. The fourth-order valence-corrected chi connectivity index (χ4v) is 1.08. The van der Waals surface area contributed by atoms with E-state index in [1.54, 1.807) is 0 Å². The molecule has 0 aliphatic rings. The molecule has 102 valence electrons. The number of benzene rings is 1. The molecule has 1 N–H and O–H groups in total. The van der Waals surface area contributed by atoms with Crippen molar-refractivity contribution in [2.45, 2.75) is 13.0 Å². The molecule has 1 rings (SSSR count). The van der Waals surface area contributed by atoms with Crippen molar-refractivity contribution >= 4 is 18.1 Å². The van der Waals surface area contributed by atoms with E-state index in [4.69, 9.17) is 9.84 Å². The van der Waals surface area contributed by atoms with Crippen LogP contribution in [0.1, 0.15) is 17.3 Å². The average molecular weight is 268 g/mol. The summed E-state index contributed by atoms with van der Waals surface area (Å²) in [4.78, 5) is 32.9. The highest BCUT2D eigenvalue weighted by Crippen LogP contribution is 2.14. The first kappa shape index (κ1) is 14.5. The zero-order chi connectivity index (χ0) is 14.4. The number of carbonyl (C=O) groups is 3. The van der Waals surface area contributed by atoms with Crippen molar-refractivity contribution < 1.29 is 33.7 Å². The number of carboxylic acid groups (broad SMARTS) is 1. The molecule has 1 aromatic carbocycles. The van der Waals surface area contributed by atoms with Gasteiger partial charge in [-0.2, -0.15) is 0 Å². The number of aliphatic carboxylic acids is 1. The molecule has 19 heavy (non-hydrogen) atoms. The van der Waals surface area contributed by atoms with Crippen LogP contribution in [0.5, 0.6) is 5.75 Å². The second kappa shape index (κ2) is 6.39. The van der Waals surface area contributed by atoms with Gasteiger partial charge in [-0.1, -0.05) is 0 Å². The highest BCUT2D eigenvalue weighted by atomic mass is 16.7. The first-order valence-electron chi connectivity index (χ1n) is 5.23. The van der Waals surface area contributed by atoms with E-state index in [9.17, 15) is 14.4 Å². The molecule has 0 saturated carbocycles. The van der Waals surface area contributed by atoms with Crippen molar-refractivity contribution in [1.82, 2.24) is 0 Å². The van der Waals surface area contributed by atoms with Crippen molar-refractivity contribution in [3.05, 3.63) is 29.8 Å². The van der Waals surface area contributed by atoms with Crippen molar-refractivity contribution in [1.29, 1.82) is 0 Å². The molecule has 0 aliphatic carbocycles. The fourth-order valence-electron chi connectivity index (χ4n) is 1.08. The Labute approximate surface area is 108 Å². The summed E-state index contributed by atoms with van der Waals surface area (Å²) in [6, 6.07) is 5.41. The van der Waals surface area contributed by atoms with Gasteiger partial charge in [-0.15, -0.1) is 0 Å². The summed E-state index contributed by atoms with van der Waals surface area (Å²) in [5.41, 5.74) is 0.144. The van der Waals surface area contributed by atoms with Gasteiger partial charge in [-0.3, -0.25) is 0 Å². The standard InChI is InChI=1S/C12H12O7/c1-7(10(13)14)18-11(15)8-3-5-9(6-4-8)19-12(16)17-2/h3-7H,1-2H3,(H,13,14)/t7-/m0/s1. The Morgan fingerprint density at radius 3 is 2.21 bits per heavy atom. The molecule has 0 aromatic heterocycles. The first-order valence-corrected chi connectivity index (χ1v) is 5.23. The summed E-state index contributed by atoms with van der Waals surface area (Å²) < 4.78 is 13.7. The van der Waals surface area contributed by atoms with E-state index >= 15 is 0 Å². The molecule has 0 unspecified atom stereocenters. The first-order chi connectivity index (χ1) is 8.93. The molecule has 1 aromatic rings. The molecular weight excluding hydrogens is 256 g/mol. The number of esters is 1. The van der Waals surface area contributed by atoms with E-state index in [2.05, 4.69) is 9.47 Å². The topological polar surface area (TPSA) is 99.1 Å². The monoisotopic (exact) mass is 268 g/mol. The average Bonchev–Trinajstić information content (AvgIpc) is 2.39. The number of carboxylic acids is 1. The Hall–Kier alpha value is -2.57. The minimum Gasteiger partial charge on any atom is -0.479 e. The highest BCUT2D eigenvalue weighted by Gasteiger charge is 2.17. The number of rotatable bonds is 4. The second-order valence-electron chi connectivity index (χ2n) is 3.47. The van der Waals surface area contributed by atoms with Crippen LogP contribution in [0.4, 0.5) is 4.79 Å². The van der Waals surface area contributed by atoms with E-state index in [1.807, 2.05) is 0 Å². The summed E-state index contributed by atoms with van der Waals surface area (Å²) in [5, 5.41) is 8.60. The number of carbonyl (C=O) groups excluding carboxylic acids is 2. The Morgan fingerprint density at radius 2 is 1.74 bits per heavy atom. The number of methoxy groups -OCH3 is 1. The minimum absolute atomic E-state index is 0.144. The predicted molar refractivity (Wildman–Crippen MR) is 62.0 cm³/mol. The Bertz CT molecular complexity index is 477. The molecule has 0 radical (unpaired) electrons. The molecule has 0 saturated heterocycles. The zero-order valence-corrected chi connectivity index (χ0v) is 10.3. The number of hydrogen-bond donors (Lipinski definition) is 1. The maximum absolute atomic E-state index is 11.5. The van der Waals surface area contributed by atoms with Gasteiger partial charge in [0, 0.05) is 0 Å². The summed E-state index contributed by atoms with van der Waals surface area (Å²) >= 11 is 0. The third kappa shape index (κ3) is 4.30. The zero-order valence-electron chi connectivity index (χ0n) is 10.3. The predicted octanol–water partition coefficient (Wildman–Crippen LogP) is 1.46. The molecule has 7 heteroatoms. The van der Waals surface area contributed by atoms with Crippen molar-refractivity contribution in [3.63, 3.8) is 0 Å². The minimum atomic E-state index is -1.24.